The molecule has 3 aromatic rings. The van der Waals surface area contributed by atoms with Crippen LogP contribution in [0.15, 0.2) is 54.6 Å². The van der Waals surface area contributed by atoms with E-state index in [2.05, 4.69) is 26.7 Å². The minimum Gasteiger partial charge on any atom is -0.322 e. The maximum atomic E-state index is 12.3. The zero-order chi connectivity index (χ0) is 18.5. The lowest BCUT2D eigenvalue weighted by Crippen LogP contribution is -2.22. The van der Waals surface area contributed by atoms with Gasteiger partial charge < -0.3 is 5.32 Å². The van der Waals surface area contributed by atoms with Gasteiger partial charge in [-0.25, -0.2) is 0 Å². The van der Waals surface area contributed by atoms with Crippen molar-refractivity contribution in [3.8, 4) is 0 Å². The van der Waals surface area contributed by atoms with Crippen LogP contribution in [0.2, 0.25) is 4.34 Å². The normalized spacial score (nSPS) is 12.2. The molecule has 1 amide bonds. The topological polar surface area (TPSA) is 58.1 Å². The molecule has 1 N–H and O–H groups in total. The van der Waals surface area contributed by atoms with Crippen molar-refractivity contribution in [1.29, 1.82) is 0 Å². The largest absolute Gasteiger partial charge is 0.322 e. The van der Waals surface area contributed by atoms with Crippen molar-refractivity contribution in [3.05, 3.63) is 75.8 Å². The van der Waals surface area contributed by atoms with Crippen LogP contribution in [0.1, 0.15) is 34.6 Å². The Bertz CT molecular complexity index is 884. The monoisotopic (exact) mass is 386 g/mol. The second-order valence-corrected chi connectivity index (χ2v) is 7.39. The van der Waals surface area contributed by atoms with Crippen LogP contribution in [-0.4, -0.2) is 27.4 Å². The quantitative estimate of drug-likeness (QED) is 0.670. The van der Waals surface area contributed by atoms with Crippen molar-refractivity contribution in [2.75, 3.05) is 12.4 Å². The number of benzene rings is 2. The average Bonchev–Trinajstić information content (AvgIpc) is 3.06. The van der Waals surface area contributed by atoms with E-state index >= 15 is 0 Å². The third-order valence-electron chi connectivity index (χ3n) is 4.23. The average molecular weight is 387 g/mol. The first kappa shape index (κ1) is 18.5. The molecule has 0 bridgehead atoms. The van der Waals surface area contributed by atoms with Gasteiger partial charge in [0.15, 0.2) is 0 Å². The molecule has 0 spiro atoms. The Morgan fingerprint density at radius 2 is 2.00 bits per heavy atom. The molecule has 2 aromatic carbocycles. The van der Waals surface area contributed by atoms with E-state index in [0.29, 0.717) is 16.4 Å². The van der Waals surface area contributed by atoms with Gasteiger partial charge in [-0.1, -0.05) is 46.4 Å². The van der Waals surface area contributed by atoms with E-state index in [4.69, 9.17) is 11.6 Å². The van der Waals surface area contributed by atoms with Crippen molar-refractivity contribution in [2.24, 2.45) is 0 Å². The van der Waals surface area contributed by atoms with E-state index in [1.807, 2.05) is 49.5 Å². The van der Waals surface area contributed by atoms with Crippen LogP contribution in [0.5, 0.6) is 0 Å². The first-order chi connectivity index (χ1) is 12.5. The van der Waals surface area contributed by atoms with E-state index in [1.54, 1.807) is 12.1 Å². The number of nitrogens with zero attached hydrogens (tertiary/aromatic N) is 3. The highest BCUT2D eigenvalue weighted by Crippen LogP contribution is 2.26. The molecule has 0 unspecified atom stereocenters. The van der Waals surface area contributed by atoms with Crippen LogP contribution in [0, 0.1) is 0 Å². The second-order valence-electron chi connectivity index (χ2n) is 6.03. The summed E-state index contributed by atoms with van der Waals surface area (Å²) >= 11 is 7.29. The third-order valence-corrected chi connectivity index (χ3v) is 5.22. The molecule has 1 heterocycles. The minimum absolute atomic E-state index is 0.121. The maximum Gasteiger partial charge on any atom is 0.255 e. The highest BCUT2D eigenvalue weighted by molar-refractivity contribution is 7.10. The van der Waals surface area contributed by atoms with E-state index in [0.717, 1.165) is 16.9 Å². The van der Waals surface area contributed by atoms with Gasteiger partial charge in [0.2, 0.25) is 0 Å². The lowest BCUT2D eigenvalue weighted by Gasteiger charge is -2.24. The lowest BCUT2D eigenvalue weighted by atomic mass is 10.1. The van der Waals surface area contributed by atoms with Gasteiger partial charge >= 0.3 is 0 Å². The predicted octanol–water partition coefficient (Wildman–Crippen LogP) is 4.64. The lowest BCUT2D eigenvalue weighted by molar-refractivity contribution is 0.102. The Morgan fingerprint density at radius 1 is 1.23 bits per heavy atom. The summed E-state index contributed by atoms with van der Waals surface area (Å²) in [6.07, 6.45) is 0. The molecule has 0 aliphatic rings. The fourth-order valence-electron chi connectivity index (χ4n) is 2.59. The summed E-state index contributed by atoms with van der Waals surface area (Å²) in [5.41, 5.74) is 3.27. The molecule has 3 rings (SSSR count). The van der Waals surface area contributed by atoms with Crippen LogP contribution in [0.4, 0.5) is 5.69 Å². The number of hydrogen-bond donors (Lipinski definition) is 1. The molecule has 0 aliphatic carbocycles. The van der Waals surface area contributed by atoms with Crippen molar-refractivity contribution >= 4 is 34.7 Å². The number of rotatable bonds is 6. The van der Waals surface area contributed by atoms with Gasteiger partial charge in [0.25, 0.3) is 5.91 Å². The zero-order valence-electron chi connectivity index (χ0n) is 14.5. The van der Waals surface area contributed by atoms with Crippen LogP contribution < -0.4 is 5.32 Å². The summed E-state index contributed by atoms with van der Waals surface area (Å²) < 4.78 is 4.49. The first-order valence-electron chi connectivity index (χ1n) is 8.18. The van der Waals surface area contributed by atoms with Crippen LogP contribution in [-0.2, 0) is 6.54 Å². The van der Waals surface area contributed by atoms with Gasteiger partial charge in [0, 0.05) is 35.4 Å². The highest BCUT2D eigenvalue weighted by Gasteiger charge is 2.16. The summed E-state index contributed by atoms with van der Waals surface area (Å²) in [4.78, 5) is 14.5. The Hall–Kier alpha value is -2.28. The molecule has 0 saturated heterocycles. The molecule has 26 heavy (non-hydrogen) atoms. The summed E-state index contributed by atoms with van der Waals surface area (Å²) in [6.45, 7) is 2.71. The standard InChI is InChI=1S/C19H19ClN4OS/c1-13(24(2)12-17-18(20)26-23-22-17)15-9-6-10-16(11-15)21-19(25)14-7-4-3-5-8-14/h3-11,13H,12H2,1-2H3,(H,21,25)/t13-/m0/s1. The van der Waals surface area contributed by atoms with Gasteiger partial charge in [-0.15, -0.1) is 5.10 Å². The smallest absolute Gasteiger partial charge is 0.255 e. The van der Waals surface area contributed by atoms with E-state index in [-0.39, 0.29) is 11.9 Å². The van der Waals surface area contributed by atoms with Crippen LogP contribution in [0.25, 0.3) is 0 Å². The SMILES string of the molecule is C[C@@H](c1cccc(NC(=O)c2ccccc2)c1)N(C)Cc1nnsc1Cl. The molecule has 0 aliphatic heterocycles. The van der Waals surface area contributed by atoms with Crippen molar-refractivity contribution in [1.82, 2.24) is 14.5 Å². The van der Waals surface area contributed by atoms with Crippen LogP contribution >= 0.6 is 23.1 Å². The number of amides is 1. The van der Waals surface area contributed by atoms with Gasteiger partial charge in [0.05, 0.1) is 0 Å². The molecule has 134 valence electrons. The number of halogens is 1. The molecule has 0 radical (unpaired) electrons. The fraction of sp³-hybridized carbons (Fsp3) is 0.211. The Morgan fingerprint density at radius 3 is 2.69 bits per heavy atom. The Labute approximate surface area is 161 Å². The van der Waals surface area contributed by atoms with Gasteiger partial charge in [0.1, 0.15) is 10.0 Å². The Balaban J connectivity index is 1.70. The fourth-order valence-corrected chi connectivity index (χ4v) is 3.20. The highest BCUT2D eigenvalue weighted by atomic mass is 35.5. The van der Waals surface area contributed by atoms with E-state index in [9.17, 15) is 4.79 Å². The minimum atomic E-state index is -0.121. The van der Waals surface area contributed by atoms with E-state index < -0.39 is 0 Å². The second kappa shape index (κ2) is 8.40. The van der Waals surface area contributed by atoms with Crippen LogP contribution in [0.3, 0.4) is 0 Å². The first-order valence-corrected chi connectivity index (χ1v) is 9.33. The zero-order valence-corrected chi connectivity index (χ0v) is 16.1. The number of carbonyl (C=O) groups is 1. The molecular weight excluding hydrogens is 368 g/mol. The van der Waals surface area contributed by atoms with Crippen molar-refractivity contribution in [3.63, 3.8) is 0 Å². The Kier molecular flexibility index (Phi) is 5.98. The number of carbonyl (C=O) groups excluding carboxylic acids is 1. The van der Waals surface area contributed by atoms with E-state index in [1.165, 1.54) is 11.5 Å². The number of hydrogen-bond acceptors (Lipinski definition) is 5. The van der Waals surface area contributed by atoms with Gasteiger partial charge in [-0.05, 0) is 43.8 Å². The van der Waals surface area contributed by atoms with Gasteiger partial charge in [-0.3, -0.25) is 9.69 Å². The predicted molar refractivity (Wildman–Crippen MR) is 106 cm³/mol. The number of aromatic nitrogens is 2. The summed E-state index contributed by atoms with van der Waals surface area (Å²) in [5, 5.41) is 7.01. The summed E-state index contributed by atoms with van der Waals surface area (Å²) in [5.74, 6) is -0.121. The molecule has 1 aromatic heterocycles. The van der Waals surface area contributed by atoms with Crippen molar-refractivity contribution < 1.29 is 4.79 Å². The molecule has 0 fully saturated rings. The van der Waals surface area contributed by atoms with Gasteiger partial charge in [-0.2, -0.15) is 0 Å². The molecule has 7 heteroatoms. The molecule has 0 saturated carbocycles. The number of nitrogens with one attached hydrogen (secondary N) is 1. The summed E-state index contributed by atoms with van der Waals surface area (Å²) in [6, 6.07) is 17.2. The third kappa shape index (κ3) is 4.46. The van der Waals surface area contributed by atoms with Crippen molar-refractivity contribution in [2.45, 2.75) is 19.5 Å². The summed E-state index contributed by atoms with van der Waals surface area (Å²) in [7, 11) is 2.01. The number of anilines is 1. The maximum absolute atomic E-state index is 12.3. The molecule has 5 nitrogen and oxygen atoms in total. The molecular formula is C19H19ClN4OS. The molecule has 1 atom stereocenters.